The van der Waals surface area contributed by atoms with Crippen LogP contribution in [0, 0.1) is 10.1 Å². The summed E-state index contributed by atoms with van der Waals surface area (Å²) in [6.07, 6.45) is 5.57. The Kier molecular flexibility index (Phi) is 6.11. The van der Waals surface area contributed by atoms with Crippen molar-refractivity contribution in [3.63, 3.8) is 0 Å². The number of nitro groups is 1. The SMILES string of the molecule is O=C1C(=O)N(CCCn2ccnc2)[C@H](c2cccc([N+](=O)[O-])c2)/C1=C(\O)c1ccc2c(c1)OCCO2. The molecular weight excluding hydrogens is 468 g/mol. The molecule has 0 unspecified atom stereocenters. The summed E-state index contributed by atoms with van der Waals surface area (Å²) in [5.74, 6) is -1.11. The van der Waals surface area contributed by atoms with Crippen molar-refractivity contribution in [2.75, 3.05) is 19.8 Å². The Morgan fingerprint density at radius 1 is 1.11 bits per heavy atom. The van der Waals surface area contributed by atoms with Crippen LogP contribution in [0.2, 0.25) is 0 Å². The first-order valence-electron chi connectivity index (χ1n) is 11.3. The van der Waals surface area contributed by atoms with E-state index in [1.807, 2.05) is 4.57 Å². The second-order valence-corrected chi connectivity index (χ2v) is 8.36. The number of benzene rings is 2. The smallest absolute Gasteiger partial charge is 0.295 e. The van der Waals surface area contributed by atoms with Gasteiger partial charge in [0.1, 0.15) is 19.0 Å². The summed E-state index contributed by atoms with van der Waals surface area (Å²) in [6, 6.07) is 9.47. The van der Waals surface area contributed by atoms with E-state index in [4.69, 9.17) is 9.47 Å². The number of carbonyl (C=O) groups is 2. The van der Waals surface area contributed by atoms with Crippen molar-refractivity contribution in [1.29, 1.82) is 0 Å². The maximum absolute atomic E-state index is 13.2. The minimum absolute atomic E-state index is 0.139. The number of ketones is 1. The normalized spacial score (nSPS) is 18.4. The van der Waals surface area contributed by atoms with Crippen molar-refractivity contribution in [3.05, 3.63) is 88.0 Å². The van der Waals surface area contributed by atoms with Crippen LogP contribution in [-0.2, 0) is 16.1 Å². The molecule has 1 aromatic heterocycles. The summed E-state index contributed by atoms with van der Waals surface area (Å²) in [5, 5.41) is 22.7. The average molecular weight is 490 g/mol. The number of likely N-dealkylation sites (tertiary alicyclic amines) is 1. The highest BCUT2D eigenvalue weighted by atomic mass is 16.6. The third-order valence-electron chi connectivity index (χ3n) is 6.13. The zero-order chi connectivity index (χ0) is 25.2. The van der Waals surface area contributed by atoms with Gasteiger partial charge in [0.2, 0.25) is 0 Å². The lowest BCUT2D eigenvalue weighted by Crippen LogP contribution is -2.31. The fourth-order valence-electron chi connectivity index (χ4n) is 4.45. The number of nitro benzene ring substituents is 1. The van der Waals surface area contributed by atoms with Crippen molar-refractivity contribution in [1.82, 2.24) is 14.5 Å². The van der Waals surface area contributed by atoms with Gasteiger partial charge in [-0.2, -0.15) is 0 Å². The Morgan fingerprint density at radius 2 is 1.92 bits per heavy atom. The van der Waals surface area contributed by atoms with Crippen LogP contribution in [0.1, 0.15) is 23.6 Å². The number of hydrogen-bond donors (Lipinski definition) is 1. The van der Waals surface area contributed by atoms with Crippen LogP contribution in [0.15, 0.2) is 66.8 Å². The number of aliphatic hydroxyl groups excluding tert-OH is 1. The summed E-state index contributed by atoms with van der Waals surface area (Å²) in [4.78, 5) is 42.5. The molecule has 1 fully saturated rings. The molecule has 0 saturated carbocycles. The lowest BCUT2D eigenvalue weighted by atomic mass is 9.94. The molecule has 184 valence electrons. The van der Waals surface area contributed by atoms with Crippen LogP contribution < -0.4 is 9.47 Å². The molecule has 0 bridgehead atoms. The highest BCUT2D eigenvalue weighted by molar-refractivity contribution is 6.46. The molecule has 0 spiro atoms. The van der Waals surface area contributed by atoms with Crippen LogP contribution in [-0.4, -0.2) is 55.9 Å². The fourth-order valence-corrected chi connectivity index (χ4v) is 4.45. The largest absolute Gasteiger partial charge is 0.507 e. The maximum atomic E-state index is 13.2. The van der Waals surface area contributed by atoms with Crippen molar-refractivity contribution in [2.45, 2.75) is 19.0 Å². The number of hydrogen-bond acceptors (Lipinski definition) is 8. The second-order valence-electron chi connectivity index (χ2n) is 8.36. The highest BCUT2D eigenvalue weighted by Crippen LogP contribution is 2.41. The third kappa shape index (κ3) is 4.26. The molecule has 1 amide bonds. The van der Waals surface area contributed by atoms with Gasteiger partial charge < -0.3 is 24.0 Å². The Morgan fingerprint density at radius 3 is 2.67 bits per heavy atom. The van der Waals surface area contributed by atoms with Gasteiger partial charge in [-0.3, -0.25) is 19.7 Å². The van der Waals surface area contributed by atoms with Gasteiger partial charge >= 0.3 is 0 Å². The van der Waals surface area contributed by atoms with Gasteiger partial charge in [-0.15, -0.1) is 0 Å². The first-order valence-corrected chi connectivity index (χ1v) is 11.3. The van der Waals surface area contributed by atoms with Crippen LogP contribution in [0.5, 0.6) is 11.5 Å². The highest BCUT2D eigenvalue weighted by Gasteiger charge is 2.46. The second kappa shape index (κ2) is 9.53. The van der Waals surface area contributed by atoms with E-state index >= 15 is 0 Å². The monoisotopic (exact) mass is 490 g/mol. The third-order valence-corrected chi connectivity index (χ3v) is 6.13. The van der Waals surface area contributed by atoms with E-state index in [1.54, 1.807) is 43.0 Å². The van der Waals surface area contributed by atoms with Gasteiger partial charge in [-0.25, -0.2) is 4.98 Å². The first-order chi connectivity index (χ1) is 17.4. The van der Waals surface area contributed by atoms with E-state index in [0.29, 0.717) is 43.2 Å². The molecule has 3 aromatic rings. The number of aromatic nitrogens is 2. The van der Waals surface area contributed by atoms with Crippen LogP contribution >= 0.6 is 0 Å². The topological polar surface area (TPSA) is 137 Å². The molecule has 5 rings (SSSR count). The van der Waals surface area contributed by atoms with E-state index in [-0.39, 0.29) is 29.1 Å². The number of rotatable bonds is 7. The Bertz CT molecular complexity index is 1370. The Hall–Kier alpha value is -4.67. The Labute approximate surface area is 205 Å². The zero-order valence-electron chi connectivity index (χ0n) is 19.1. The molecule has 2 aliphatic heterocycles. The molecule has 36 heavy (non-hydrogen) atoms. The minimum atomic E-state index is -0.999. The predicted molar refractivity (Wildman–Crippen MR) is 126 cm³/mol. The van der Waals surface area contributed by atoms with Crippen LogP contribution in [0.25, 0.3) is 5.76 Å². The van der Waals surface area contributed by atoms with Gasteiger partial charge in [0, 0.05) is 43.2 Å². The van der Waals surface area contributed by atoms with Crippen LogP contribution in [0.3, 0.4) is 0 Å². The number of carbonyl (C=O) groups excluding carboxylic acids is 2. The van der Waals surface area contributed by atoms with Gasteiger partial charge in [-0.05, 0) is 30.2 Å². The first kappa shape index (κ1) is 23.1. The summed E-state index contributed by atoms with van der Waals surface area (Å²) >= 11 is 0. The number of ether oxygens (including phenoxy) is 2. The quantitative estimate of drug-likeness (QED) is 0.175. The van der Waals surface area contributed by atoms with Gasteiger partial charge in [0.15, 0.2) is 11.5 Å². The molecule has 1 N–H and O–H groups in total. The molecule has 1 saturated heterocycles. The number of imidazole rings is 1. The summed E-state index contributed by atoms with van der Waals surface area (Å²) < 4.78 is 12.9. The molecular formula is C25H22N4O7. The lowest BCUT2D eigenvalue weighted by Gasteiger charge is -2.25. The molecule has 1 atom stereocenters. The molecule has 0 radical (unpaired) electrons. The molecule has 2 aromatic carbocycles. The minimum Gasteiger partial charge on any atom is -0.507 e. The van der Waals surface area contributed by atoms with Crippen molar-refractivity contribution >= 4 is 23.1 Å². The molecule has 11 nitrogen and oxygen atoms in total. The summed E-state index contributed by atoms with van der Waals surface area (Å²) in [6.45, 7) is 1.47. The average Bonchev–Trinajstić information content (AvgIpc) is 3.50. The summed E-state index contributed by atoms with van der Waals surface area (Å²) in [5.41, 5.74) is 0.298. The number of nitrogens with zero attached hydrogens (tertiary/aromatic N) is 4. The lowest BCUT2D eigenvalue weighted by molar-refractivity contribution is -0.384. The van der Waals surface area contributed by atoms with Crippen LogP contribution in [0.4, 0.5) is 5.69 Å². The van der Waals surface area contributed by atoms with E-state index in [2.05, 4.69) is 4.98 Å². The van der Waals surface area contributed by atoms with E-state index < -0.39 is 22.7 Å². The number of Topliss-reactive ketones (excluding diaryl/α,β-unsaturated/α-hetero) is 1. The number of non-ortho nitro benzene ring substituents is 1. The summed E-state index contributed by atoms with van der Waals surface area (Å²) in [7, 11) is 0. The zero-order valence-corrected chi connectivity index (χ0v) is 19.1. The van der Waals surface area contributed by atoms with E-state index in [0.717, 1.165) is 0 Å². The van der Waals surface area contributed by atoms with Gasteiger partial charge in [0.25, 0.3) is 17.4 Å². The number of amides is 1. The van der Waals surface area contributed by atoms with Crippen molar-refractivity contribution in [3.8, 4) is 11.5 Å². The van der Waals surface area contributed by atoms with E-state index in [1.165, 1.54) is 23.1 Å². The molecule has 11 heteroatoms. The Balaban J connectivity index is 1.56. The van der Waals surface area contributed by atoms with Gasteiger partial charge in [0.05, 0.1) is 22.9 Å². The number of aliphatic hydroxyl groups is 1. The van der Waals surface area contributed by atoms with E-state index in [9.17, 15) is 24.8 Å². The molecule has 3 heterocycles. The number of fused-ring (bicyclic) bond motifs is 1. The maximum Gasteiger partial charge on any atom is 0.295 e. The van der Waals surface area contributed by atoms with Crippen molar-refractivity contribution in [2.24, 2.45) is 0 Å². The predicted octanol–water partition coefficient (Wildman–Crippen LogP) is 3.07. The molecule has 0 aliphatic carbocycles. The fraction of sp³-hybridized carbons (Fsp3) is 0.240. The number of aryl methyl sites for hydroxylation is 1. The standard InChI is InChI=1S/C25H22N4O7/c30-23(17-5-6-19-20(14-17)36-12-11-35-19)21-22(16-3-1-4-18(13-16)29(33)34)28(25(32)24(21)31)9-2-8-27-10-7-26-15-27/h1,3-7,10,13-15,22,30H,2,8-9,11-12H2/b23-21+/t22-/m1/s1. The molecule has 2 aliphatic rings. The van der Waals surface area contributed by atoms with Crippen molar-refractivity contribution < 1.29 is 29.1 Å². The van der Waals surface area contributed by atoms with Gasteiger partial charge in [-0.1, -0.05) is 12.1 Å².